The van der Waals surface area contributed by atoms with E-state index >= 15 is 4.39 Å². The number of likely N-dealkylation sites (N-methyl/N-ethyl adjacent to an activating group) is 1. The molecule has 1 amide bonds. The van der Waals surface area contributed by atoms with Crippen LogP contribution in [-0.2, 0) is 33.9 Å². The molecule has 10 nitrogen and oxygen atoms in total. The first-order valence-electron chi connectivity index (χ1n) is 15.4. The number of nitrogens with two attached hydrogens (primary N) is 1. The van der Waals surface area contributed by atoms with E-state index in [1.807, 2.05) is 7.05 Å². The Morgan fingerprint density at radius 1 is 1.24 bits per heavy atom. The van der Waals surface area contributed by atoms with E-state index in [0.717, 1.165) is 69.6 Å². The van der Waals surface area contributed by atoms with Crippen molar-refractivity contribution in [3.05, 3.63) is 40.2 Å². The highest BCUT2D eigenvalue weighted by Gasteiger charge is 2.35. The summed E-state index contributed by atoms with van der Waals surface area (Å²) in [4.78, 5) is 27.5. The number of aromatic nitrogens is 2. The average molecular weight is 630 g/mol. The van der Waals surface area contributed by atoms with E-state index in [4.69, 9.17) is 25.2 Å². The minimum atomic E-state index is -0.412. The number of fused-ring (bicyclic) bond motifs is 4. The van der Waals surface area contributed by atoms with Gasteiger partial charge in [-0.15, -0.1) is 11.3 Å². The summed E-state index contributed by atoms with van der Waals surface area (Å²) in [7, 11) is 3.56. The number of carbonyl (C=O) groups is 1. The molecule has 0 aliphatic carbocycles. The second-order valence-corrected chi connectivity index (χ2v) is 13.3. The Morgan fingerprint density at radius 3 is 2.78 bits per heavy atom. The number of nitrogen functional groups attached to an aromatic ring is 1. The van der Waals surface area contributed by atoms with Crippen molar-refractivity contribution in [3.8, 4) is 17.2 Å². The minimum absolute atomic E-state index is 0.0387. The molecule has 3 aliphatic heterocycles. The maximum atomic E-state index is 15.1. The second kappa shape index (κ2) is 11.4. The number of amides is 1. The van der Waals surface area contributed by atoms with Gasteiger partial charge in [0.25, 0.3) is 0 Å². The van der Waals surface area contributed by atoms with Crippen LogP contribution in [0.4, 0.5) is 21.2 Å². The van der Waals surface area contributed by atoms with Crippen LogP contribution in [0.5, 0.6) is 0 Å². The van der Waals surface area contributed by atoms with Crippen molar-refractivity contribution in [3.63, 3.8) is 0 Å². The lowest BCUT2D eigenvalue weighted by Gasteiger charge is -2.31. The highest BCUT2D eigenvalue weighted by atomic mass is 32.1. The van der Waals surface area contributed by atoms with E-state index in [1.54, 1.807) is 18.1 Å². The number of carbonyl (C=O) groups excluding carboxylic acids is 1. The van der Waals surface area contributed by atoms with Gasteiger partial charge in [-0.05, 0) is 53.1 Å². The number of hydrogen-bond donors (Lipinski definition) is 2. The lowest BCUT2D eigenvalue weighted by molar-refractivity contribution is -0.132. The van der Waals surface area contributed by atoms with E-state index in [9.17, 15) is 10.1 Å². The Balaban J connectivity index is 1.52. The number of nitriles is 1. The molecule has 12 heteroatoms. The van der Waals surface area contributed by atoms with Gasteiger partial charge in [-0.3, -0.25) is 4.79 Å². The number of ether oxygens (including phenoxy) is 2. The molecule has 234 valence electrons. The van der Waals surface area contributed by atoms with Gasteiger partial charge < -0.3 is 30.3 Å². The first kappa shape index (κ1) is 29.6. The van der Waals surface area contributed by atoms with Crippen molar-refractivity contribution in [2.75, 3.05) is 49.7 Å². The topological polar surface area (TPSA) is 130 Å². The lowest BCUT2D eigenvalue weighted by atomic mass is 9.86. The molecule has 0 spiro atoms. The van der Waals surface area contributed by atoms with Gasteiger partial charge in [0.05, 0.1) is 35.1 Å². The van der Waals surface area contributed by atoms with Gasteiger partial charge in [0.2, 0.25) is 11.9 Å². The summed E-state index contributed by atoms with van der Waals surface area (Å²) >= 11 is 1.09. The standard InChI is InChI=1S/C33H36FN7O3S/c1-5-17-25(18-8-9-22(34)29-26(18)19(11-35)30(36)45-29)20-14-44-15-21(20)27-28(17)38-33(41-12-16(2)24(13-41)43-4)39-31(27)37-23-7-6-10-40(3)32(23)42/h8-9,16,23-24H,5-7,10,12-15,36H2,1-4H3,(H,37,38,39). The number of methoxy groups -OCH3 is 1. The number of thiophene rings is 1. The Kier molecular flexibility index (Phi) is 7.50. The number of rotatable bonds is 6. The summed E-state index contributed by atoms with van der Waals surface area (Å²) in [5.74, 6) is 1.09. The molecule has 3 unspecified atom stereocenters. The van der Waals surface area contributed by atoms with E-state index in [1.165, 1.54) is 6.07 Å². The fourth-order valence-electron chi connectivity index (χ4n) is 7.29. The number of anilines is 3. The van der Waals surface area contributed by atoms with Crippen molar-refractivity contribution in [1.82, 2.24) is 14.9 Å². The molecule has 3 N–H and O–H groups in total. The molecule has 7 rings (SSSR count). The number of halogens is 1. The zero-order chi connectivity index (χ0) is 31.6. The Hall–Kier alpha value is -4.05. The zero-order valence-corrected chi connectivity index (χ0v) is 26.7. The van der Waals surface area contributed by atoms with E-state index in [-0.39, 0.29) is 23.5 Å². The quantitative estimate of drug-likeness (QED) is 0.296. The van der Waals surface area contributed by atoms with E-state index in [2.05, 4.69) is 30.1 Å². The number of benzene rings is 2. The molecular formula is C33H36FN7O3S. The van der Waals surface area contributed by atoms with Gasteiger partial charge in [0, 0.05) is 50.5 Å². The van der Waals surface area contributed by atoms with Crippen molar-refractivity contribution >= 4 is 55.0 Å². The highest BCUT2D eigenvalue weighted by molar-refractivity contribution is 7.23. The molecule has 5 heterocycles. The second-order valence-electron chi connectivity index (χ2n) is 12.3. The lowest BCUT2D eigenvalue weighted by Crippen LogP contribution is -2.45. The summed E-state index contributed by atoms with van der Waals surface area (Å²) in [6.07, 6.45) is 2.26. The largest absolute Gasteiger partial charge is 0.389 e. The van der Waals surface area contributed by atoms with Gasteiger partial charge in [-0.1, -0.05) is 19.9 Å². The van der Waals surface area contributed by atoms with Crippen LogP contribution in [0.3, 0.4) is 0 Å². The van der Waals surface area contributed by atoms with Crippen molar-refractivity contribution in [2.45, 2.75) is 58.5 Å². The molecule has 2 aromatic heterocycles. The fraction of sp³-hybridized carbons (Fsp3) is 0.455. The van der Waals surface area contributed by atoms with Crippen LogP contribution in [0.15, 0.2) is 12.1 Å². The van der Waals surface area contributed by atoms with Gasteiger partial charge in [0.1, 0.15) is 28.7 Å². The van der Waals surface area contributed by atoms with Gasteiger partial charge in [-0.2, -0.15) is 10.2 Å². The summed E-state index contributed by atoms with van der Waals surface area (Å²) in [5.41, 5.74) is 11.8. The number of aryl methyl sites for hydroxylation is 1. The van der Waals surface area contributed by atoms with Crippen LogP contribution in [0, 0.1) is 23.1 Å². The third-order valence-electron chi connectivity index (χ3n) is 9.60. The van der Waals surface area contributed by atoms with E-state index < -0.39 is 11.9 Å². The molecule has 2 aromatic carbocycles. The number of nitrogens with zero attached hydrogens (tertiary/aromatic N) is 5. The molecule has 2 saturated heterocycles. The number of piperidine rings is 1. The van der Waals surface area contributed by atoms with Crippen LogP contribution in [0.1, 0.15) is 48.9 Å². The zero-order valence-electron chi connectivity index (χ0n) is 25.9. The Bertz CT molecular complexity index is 1900. The summed E-state index contributed by atoms with van der Waals surface area (Å²) < 4.78 is 27.3. The van der Waals surface area contributed by atoms with Gasteiger partial charge in [-0.25, -0.2) is 9.37 Å². The molecule has 0 radical (unpaired) electrons. The van der Waals surface area contributed by atoms with Crippen LogP contribution in [0.2, 0.25) is 0 Å². The van der Waals surface area contributed by atoms with Crippen LogP contribution < -0.4 is 16.0 Å². The van der Waals surface area contributed by atoms with Crippen LogP contribution >= 0.6 is 11.3 Å². The predicted octanol–water partition coefficient (Wildman–Crippen LogP) is 5.20. The third kappa shape index (κ3) is 4.67. The highest BCUT2D eigenvalue weighted by Crippen LogP contribution is 2.48. The molecule has 3 aliphatic rings. The predicted molar refractivity (Wildman–Crippen MR) is 174 cm³/mol. The minimum Gasteiger partial charge on any atom is -0.389 e. The Labute approximate surface area is 264 Å². The molecule has 4 aromatic rings. The van der Waals surface area contributed by atoms with Crippen LogP contribution in [-0.4, -0.2) is 66.7 Å². The molecule has 45 heavy (non-hydrogen) atoms. The third-order valence-corrected chi connectivity index (χ3v) is 10.6. The first-order chi connectivity index (χ1) is 21.7. The molecule has 3 atom stereocenters. The van der Waals surface area contributed by atoms with E-state index in [0.29, 0.717) is 59.5 Å². The van der Waals surface area contributed by atoms with Crippen molar-refractivity contribution < 1.29 is 18.7 Å². The number of hydrogen-bond acceptors (Lipinski definition) is 10. The molecule has 0 bridgehead atoms. The fourth-order valence-corrected chi connectivity index (χ4v) is 8.24. The summed E-state index contributed by atoms with van der Waals surface area (Å²) in [6.45, 7) is 7.02. The molecular weight excluding hydrogens is 593 g/mol. The first-order valence-corrected chi connectivity index (χ1v) is 16.2. The normalized spacial score (nSPS) is 21.6. The van der Waals surface area contributed by atoms with Gasteiger partial charge in [0.15, 0.2) is 0 Å². The summed E-state index contributed by atoms with van der Waals surface area (Å²) in [6, 6.07) is 4.99. The van der Waals surface area contributed by atoms with Crippen molar-refractivity contribution in [2.24, 2.45) is 5.92 Å². The molecule has 2 fully saturated rings. The Morgan fingerprint density at radius 2 is 2.04 bits per heavy atom. The maximum Gasteiger partial charge on any atom is 0.244 e. The summed E-state index contributed by atoms with van der Waals surface area (Å²) in [5, 5.41) is 15.3. The SMILES string of the molecule is CCc1c(-c2ccc(F)c3sc(N)c(C#N)c23)c2c(c3c(NC4CCCN(C)C4=O)nc(N4CC(C)C(OC)C4)nc13)COC2. The average Bonchev–Trinajstić information content (AvgIpc) is 3.75. The van der Waals surface area contributed by atoms with Gasteiger partial charge >= 0.3 is 0 Å². The van der Waals surface area contributed by atoms with Crippen LogP contribution in [0.25, 0.3) is 32.1 Å². The molecule has 0 saturated carbocycles. The number of nitrogens with one attached hydrogen (secondary N) is 1. The monoisotopic (exact) mass is 629 g/mol. The smallest absolute Gasteiger partial charge is 0.244 e. The maximum absolute atomic E-state index is 15.1. The number of likely N-dealkylation sites (tertiary alicyclic amines) is 1. The van der Waals surface area contributed by atoms with Crippen molar-refractivity contribution in [1.29, 1.82) is 5.26 Å².